The minimum atomic E-state index is -0.984. The molecule has 0 aliphatic carbocycles. The van der Waals surface area contributed by atoms with Crippen LogP contribution in [0.4, 0.5) is 5.13 Å². The third-order valence-corrected chi connectivity index (χ3v) is 10.1. The third kappa shape index (κ3) is 7.01. The van der Waals surface area contributed by atoms with Gasteiger partial charge in [-0.25, -0.2) is 0 Å². The zero-order valence-corrected chi connectivity index (χ0v) is 28.4. The molecular formula is C36H37N3O6S2. The van der Waals surface area contributed by atoms with Crippen molar-refractivity contribution in [3.05, 3.63) is 94.6 Å². The van der Waals surface area contributed by atoms with Crippen LogP contribution in [0.25, 0.3) is 5.76 Å². The Labute approximate surface area is 282 Å². The van der Waals surface area contributed by atoms with E-state index in [9.17, 15) is 14.7 Å². The van der Waals surface area contributed by atoms with Crippen molar-refractivity contribution in [2.45, 2.75) is 62.8 Å². The average Bonchev–Trinajstić information content (AvgIpc) is 3.75. The molecule has 2 atom stereocenters. The van der Waals surface area contributed by atoms with Gasteiger partial charge in [0.2, 0.25) is 5.13 Å². The molecule has 2 aliphatic heterocycles. The standard InChI is InChI=1S/C36H37N3O6S2/c1-5-43-29-19-24(11-14-28(29)44-16-15-21(2)3)31-30(32(40)25-12-13-27-26(18-25)17-22(4)45-27)33(41)34(42)39(31)35-37-38-36(47-35)46-20-23-9-7-6-8-10-23/h6-14,18-19,21-22,31,40H,5,15-17,20H2,1-4H3/b32-30+/t22-,31-/m1/s1. The number of fused-ring (bicyclic) bond motifs is 1. The van der Waals surface area contributed by atoms with E-state index < -0.39 is 17.7 Å². The lowest BCUT2D eigenvalue weighted by molar-refractivity contribution is -0.132. The van der Waals surface area contributed by atoms with E-state index in [1.54, 1.807) is 30.3 Å². The molecule has 4 aromatic rings. The molecule has 1 amide bonds. The van der Waals surface area contributed by atoms with E-state index in [1.165, 1.54) is 28.0 Å². The van der Waals surface area contributed by atoms with Gasteiger partial charge in [0, 0.05) is 17.7 Å². The molecule has 0 spiro atoms. The van der Waals surface area contributed by atoms with E-state index in [2.05, 4.69) is 24.0 Å². The highest BCUT2D eigenvalue weighted by molar-refractivity contribution is 8.00. The summed E-state index contributed by atoms with van der Waals surface area (Å²) in [6, 6.07) is 19.7. The first-order valence-corrected chi connectivity index (χ1v) is 17.5. The maximum absolute atomic E-state index is 13.8. The van der Waals surface area contributed by atoms with Gasteiger partial charge < -0.3 is 19.3 Å². The number of carbonyl (C=O) groups excluding carboxylic acids is 2. The summed E-state index contributed by atoms with van der Waals surface area (Å²) in [4.78, 5) is 29.0. The molecule has 0 radical (unpaired) electrons. The van der Waals surface area contributed by atoms with E-state index in [0.29, 0.717) is 58.3 Å². The highest BCUT2D eigenvalue weighted by Gasteiger charge is 2.48. The number of rotatable bonds is 12. The number of ether oxygens (including phenoxy) is 3. The number of Topliss-reactive ketones (excluding diaryl/α,β-unsaturated/α-hetero) is 1. The van der Waals surface area contributed by atoms with E-state index in [-0.39, 0.29) is 22.6 Å². The minimum absolute atomic E-state index is 0.0117. The van der Waals surface area contributed by atoms with Gasteiger partial charge in [-0.2, -0.15) is 0 Å². The summed E-state index contributed by atoms with van der Waals surface area (Å²) in [6.07, 6.45) is 1.57. The number of hydrogen-bond acceptors (Lipinski definition) is 10. The number of aliphatic hydroxyl groups is 1. The maximum atomic E-state index is 13.8. The molecule has 1 fully saturated rings. The Morgan fingerprint density at radius 2 is 1.87 bits per heavy atom. The fourth-order valence-electron chi connectivity index (χ4n) is 5.63. The Balaban J connectivity index is 1.41. The van der Waals surface area contributed by atoms with Crippen molar-refractivity contribution in [2.24, 2.45) is 5.92 Å². The van der Waals surface area contributed by atoms with Crippen molar-refractivity contribution < 1.29 is 28.9 Å². The monoisotopic (exact) mass is 671 g/mol. The molecule has 0 bridgehead atoms. The van der Waals surface area contributed by atoms with Gasteiger partial charge in [0.05, 0.1) is 24.8 Å². The Hall–Kier alpha value is -4.35. The van der Waals surface area contributed by atoms with Crippen LogP contribution in [0.5, 0.6) is 17.2 Å². The lowest BCUT2D eigenvalue weighted by Crippen LogP contribution is -2.29. The molecule has 3 aromatic carbocycles. The lowest BCUT2D eigenvalue weighted by atomic mass is 9.94. The zero-order valence-electron chi connectivity index (χ0n) is 26.8. The van der Waals surface area contributed by atoms with E-state index >= 15 is 0 Å². The molecule has 6 rings (SSSR count). The predicted octanol–water partition coefficient (Wildman–Crippen LogP) is 7.60. The topological polar surface area (TPSA) is 111 Å². The van der Waals surface area contributed by atoms with Crippen LogP contribution >= 0.6 is 23.1 Å². The van der Waals surface area contributed by atoms with Crippen LogP contribution in [0.15, 0.2) is 76.6 Å². The molecule has 0 unspecified atom stereocenters. The number of aliphatic hydroxyl groups excluding tert-OH is 1. The second-order valence-corrected chi connectivity index (χ2v) is 14.1. The van der Waals surface area contributed by atoms with Crippen LogP contribution in [0.1, 0.15) is 62.4 Å². The van der Waals surface area contributed by atoms with Crippen LogP contribution in [0.3, 0.4) is 0 Å². The highest BCUT2D eigenvalue weighted by Crippen LogP contribution is 2.46. The molecule has 11 heteroatoms. The number of ketones is 1. The van der Waals surface area contributed by atoms with Gasteiger partial charge in [-0.3, -0.25) is 14.5 Å². The van der Waals surface area contributed by atoms with Crippen LogP contribution in [-0.2, 0) is 21.8 Å². The summed E-state index contributed by atoms with van der Waals surface area (Å²) in [7, 11) is 0. The van der Waals surface area contributed by atoms with Gasteiger partial charge in [-0.15, -0.1) is 10.2 Å². The molecule has 47 heavy (non-hydrogen) atoms. The average molecular weight is 672 g/mol. The number of aromatic nitrogens is 2. The van der Waals surface area contributed by atoms with Gasteiger partial charge in [-0.1, -0.05) is 73.3 Å². The smallest absolute Gasteiger partial charge is 0.301 e. The molecule has 9 nitrogen and oxygen atoms in total. The quantitative estimate of drug-likeness (QED) is 0.0535. The molecule has 3 heterocycles. The van der Waals surface area contributed by atoms with Crippen LogP contribution in [0.2, 0.25) is 0 Å². The number of carbonyl (C=O) groups is 2. The Kier molecular flexibility index (Phi) is 9.84. The van der Waals surface area contributed by atoms with Gasteiger partial charge in [0.1, 0.15) is 17.6 Å². The summed E-state index contributed by atoms with van der Waals surface area (Å²) in [6.45, 7) is 9.03. The van der Waals surface area contributed by atoms with Gasteiger partial charge in [0.15, 0.2) is 15.8 Å². The molecule has 2 aliphatic rings. The van der Waals surface area contributed by atoms with Crippen LogP contribution < -0.4 is 19.1 Å². The number of nitrogens with zero attached hydrogens (tertiary/aromatic N) is 3. The van der Waals surface area contributed by atoms with Crippen molar-refractivity contribution in [3.63, 3.8) is 0 Å². The normalized spacial score (nSPS) is 18.4. The number of hydrogen-bond donors (Lipinski definition) is 1. The van der Waals surface area contributed by atoms with Crippen molar-refractivity contribution in [1.29, 1.82) is 0 Å². The maximum Gasteiger partial charge on any atom is 0.301 e. The molecule has 244 valence electrons. The Morgan fingerprint density at radius 3 is 2.64 bits per heavy atom. The first-order chi connectivity index (χ1) is 22.7. The third-order valence-electron chi connectivity index (χ3n) is 7.96. The summed E-state index contributed by atoms with van der Waals surface area (Å²) in [5, 5.41) is 20.7. The summed E-state index contributed by atoms with van der Waals surface area (Å²) in [5.41, 5.74) is 3.02. The SMILES string of the molecule is CCOc1cc([C@@H]2/C(=C(\O)c3ccc4c(c3)C[C@@H](C)O4)C(=O)C(=O)N2c2nnc(SCc3ccccc3)s2)ccc1OCCC(C)C. The van der Waals surface area contributed by atoms with E-state index in [0.717, 1.165) is 23.3 Å². The Bertz CT molecular complexity index is 1810. The van der Waals surface area contributed by atoms with Crippen molar-refractivity contribution in [2.75, 3.05) is 18.1 Å². The van der Waals surface area contributed by atoms with E-state index in [1.807, 2.05) is 50.2 Å². The molecule has 1 aromatic heterocycles. The first kappa shape index (κ1) is 32.6. The summed E-state index contributed by atoms with van der Waals surface area (Å²) < 4.78 is 18.5. The van der Waals surface area contributed by atoms with Gasteiger partial charge in [0.25, 0.3) is 5.78 Å². The zero-order chi connectivity index (χ0) is 33.1. The number of thioether (sulfide) groups is 1. The fourth-order valence-corrected chi connectivity index (χ4v) is 7.46. The summed E-state index contributed by atoms with van der Waals surface area (Å²) >= 11 is 2.73. The fraction of sp³-hybridized carbons (Fsp3) is 0.333. The van der Waals surface area contributed by atoms with Gasteiger partial charge >= 0.3 is 5.91 Å². The van der Waals surface area contributed by atoms with Crippen LogP contribution in [-0.4, -0.2) is 46.3 Å². The highest BCUT2D eigenvalue weighted by atomic mass is 32.2. The molecule has 1 saturated heterocycles. The minimum Gasteiger partial charge on any atom is -0.507 e. The largest absolute Gasteiger partial charge is 0.507 e. The van der Waals surface area contributed by atoms with Crippen molar-refractivity contribution in [3.8, 4) is 17.2 Å². The molecule has 0 saturated carbocycles. The predicted molar refractivity (Wildman–Crippen MR) is 183 cm³/mol. The second-order valence-electron chi connectivity index (χ2n) is 11.9. The number of anilines is 1. The van der Waals surface area contributed by atoms with Gasteiger partial charge in [-0.05, 0) is 73.2 Å². The van der Waals surface area contributed by atoms with Crippen molar-refractivity contribution >= 4 is 45.7 Å². The Morgan fingerprint density at radius 1 is 1.06 bits per heavy atom. The second kappa shape index (κ2) is 14.2. The van der Waals surface area contributed by atoms with E-state index in [4.69, 9.17) is 14.2 Å². The first-order valence-electron chi connectivity index (χ1n) is 15.7. The molecular weight excluding hydrogens is 635 g/mol. The lowest BCUT2D eigenvalue weighted by Gasteiger charge is -2.24. The number of benzene rings is 3. The van der Waals surface area contributed by atoms with Crippen molar-refractivity contribution in [1.82, 2.24) is 10.2 Å². The number of amides is 1. The summed E-state index contributed by atoms with van der Waals surface area (Å²) in [5.74, 6) is 1.08. The van der Waals surface area contributed by atoms with Crippen LogP contribution in [0, 0.1) is 5.92 Å². The molecule has 1 N–H and O–H groups in total.